The minimum atomic E-state index is -1.17. The first-order valence-corrected chi connectivity index (χ1v) is 10.2. The number of anilines is 1. The molecule has 30 heavy (non-hydrogen) atoms. The van der Waals surface area contributed by atoms with Crippen LogP contribution in [0.4, 0.5) is 5.69 Å². The van der Waals surface area contributed by atoms with Crippen molar-refractivity contribution in [2.75, 3.05) is 12.0 Å². The molecule has 1 unspecified atom stereocenters. The zero-order valence-electron chi connectivity index (χ0n) is 17.5. The van der Waals surface area contributed by atoms with E-state index in [-0.39, 0.29) is 29.9 Å². The predicted molar refractivity (Wildman–Crippen MR) is 110 cm³/mol. The molecule has 1 aliphatic heterocycles. The van der Waals surface area contributed by atoms with Crippen LogP contribution in [0.25, 0.3) is 0 Å². The van der Waals surface area contributed by atoms with Gasteiger partial charge in [-0.25, -0.2) is 9.78 Å². The van der Waals surface area contributed by atoms with Crippen LogP contribution in [-0.4, -0.2) is 46.0 Å². The van der Waals surface area contributed by atoms with E-state index in [0.29, 0.717) is 5.69 Å². The van der Waals surface area contributed by atoms with Crippen LogP contribution < -0.4 is 10.2 Å². The van der Waals surface area contributed by atoms with Crippen molar-refractivity contribution in [2.45, 2.75) is 57.7 Å². The molecule has 4 rings (SSSR count). The minimum absolute atomic E-state index is 0.0423. The third-order valence-corrected chi connectivity index (χ3v) is 6.13. The third-order valence-electron chi connectivity index (χ3n) is 6.13. The van der Waals surface area contributed by atoms with Gasteiger partial charge in [0.15, 0.2) is 5.69 Å². The van der Waals surface area contributed by atoms with E-state index in [4.69, 9.17) is 4.74 Å². The van der Waals surface area contributed by atoms with Crippen LogP contribution in [0.5, 0.6) is 0 Å². The molecule has 1 saturated carbocycles. The molecule has 8 nitrogen and oxygen atoms in total. The molecular weight excluding hydrogens is 384 g/mol. The highest BCUT2D eigenvalue weighted by Crippen LogP contribution is 2.35. The van der Waals surface area contributed by atoms with Crippen molar-refractivity contribution in [1.82, 2.24) is 14.9 Å². The number of rotatable bonds is 4. The van der Waals surface area contributed by atoms with Gasteiger partial charge in [-0.05, 0) is 38.3 Å². The Kier molecular flexibility index (Phi) is 5.09. The number of hydrogen-bond donors (Lipinski definition) is 1. The number of para-hydroxylation sites is 1. The number of ether oxygens (including phenoxy) is 1. The average molecular weight is 410 g/mol. The largest absolute Gasteiger partial charge is 0.464 e. The number of fused-ring (bicyclic) bond motifs is 1. The SMILES string of the molecule is COC(=O)c1ncn2c1C(=O)N(c1ccccc1C)C(C)(C(=O)NC1CCCC1)C2. The molecule has 1 aliphatic carbocycles. The molecule has 1 N–H and O–H groups in total. The summed E-state index contributed by atoms with van der Waals surface area (Å²) >= 11 is 0. The highest BCUT2D eigenvalue weighted by atomic mass is 16.5. The number of imidazole rings is 1. The van der Waals surface area contributed by atoms with Crippen molar-refractivity contribution in [3.8, 4) is 0 Å². The number of aryl methyl sites for hydroxylation is 1. The number of nitrogens with zero attached hydrogens (tertiary/aromatic N) is 3. The van der Waals surface area contributed by atoms with E-state index < -0.39 is 17.4 Å². The average Bonchev–Trinajstić information content (AvgIpc) is 3.38. The van der Waals surface area contributed by atoms with Gasteiger partial charge in [-0.15, -0.1) is 0 Å². The lowest BCUT2D eigenvalue weighted by Gasteiger charge is -2.44. The summed E-state index contributed by atoms with van der Waals surface area (Å²) in [6.07, 6.45) is 5.51. The Morgan fingerprint density at radius 2 is 1.93 bits per heavy atom. The molecule has 0 spiro atoms. The second-order valence-corrected chi connectivity index (χ2v) is 8.22. The van der Waals surface area contributed by atoms with Crippen molar-refractivity contribution in [3.63, 3.8) is 0 Å². The first-order chi connectivity index (χ1) is 14.4. The summed E-state index contributed by atoms with van der Waals surface area (Å²) in [5.74, 6) is -1.33. The first kappa shape index (κ1) is 20.1. The minimum Gasteiger partial charge on any atom is -0.464 e. The fraction of sp³-hybridized carbons (Fsp3) is 0.455. The van der Waals surface area contributed by atoms with Crippen LogP contribution >= 0.6 is 0 Å². The zero-order chi connectivity index (χ0) is 21.5. The number of carbonyl (C=O) groups is 3. The lowest BCUT2D eigenvalue weighted by molar-refractivity contribution is -0.127. The molecule has 1 aromatic heterocycles. The maximum absolute atomic E-state index is 13.7. The van der Waals surface area contributed by atoms with Crippen molar-refractivity contribution >= 4 is 23.5 Å². The maximum Gasteiger partial charge on any atom is 0.359 e. The van der Waals surface area contributed by atoms with Crippen LogP contribution in [0, 0.1) is 6.92 Å². The molecule has 1 aromatic carbocycles. The van der Waals surface area contributed by atoms with Gasteiger partial charge >= 0.3 is 5.97 Å². The Morgan fingerprint density at radius 1 is 1.23 bits per heavy atom. The standard InChI is InChI=1S/C22H26N4O4/c1-14-8-4-7-11-16(14)26-19(27)18-17(20(28)30-3)23-13-25(18)12-22(26,2)21(29)24-15-9-5-6-10-15/h4,7-8,11,13,15H,5-6,9-10,12H2,1-3H3,(H,24,29). The molecule has 2 heterocycles. The first-order valence-electron chi connectivity index (χ1n) is 10.2. The van der Waals surface area contributed by atoms with E-state index in [2.05, 4.69) is 10.3 Å². The molecule has 2 amide bonds. The quantitative estimate of drug-likeness (QED) is 0.782. The Bertz CT molecular complexity index is 1010. The highest BCUT2D eigenvalue weighted by Gasteiger charge is 2.50. The maximum atomic E-state index is 13.7. The fourth-order valence-electron chi connectivity index (χ4n) is 4.48. The number of nitrogens with one attached hydrogen (secondary N) is 1. The lowest BCUT2D eigenvalue weighted by Crippen LogP contribution is -2.65. The van der Waals surface area contributed by atoms with Gasteiger partial charge in [-0.2, -0.15) is 0 Å². The molecule has 0 bridgehead atoms. The van der Waals surface area contributed by atoms with Gasteiger partial charge < -0.3 is 14.6 Å². The molecule has 8 heteroatoms. The van der Waals surface area contributed by atoms with Gasteiger partial charge in [0.2, 0.25) is 5.91 Å². The molecule has 2 aromatic rings. The Hall–Kier alpha value is -3.16. The zero-order valence-corrected chi connectivity index (χ0v) is 17.5. The normalized spacial score (nSPS) is 21.4. The van der Waals surface area contributed by atoms with Crippen molar-refractivity contribution in [1.29, 1.82) is 0 Å². The van der Waals surface area contributed by atoms with E-state index in [0.717, 1.165) is 31.2 Å². The van der Waals surface area contributed by atoms with E-state index in [9.17, 15) is 14.4 Å². The van der Waals surface area contributed by atoms with Crippen LogP contribution in [0.2, 0.25) is 0 Å². The molecular formula is C22H26N4O4. The molecule has 158 valence electrons. The van der Waals surface area contributed by atoms with Crippen molar-refractivity contribution in [2.24, 2.45) is 0 Å². The lowest BCUT2D eigenvalue weighted by atomic mass is 9.92. The van der Waals surface area contributed by atoms with Crippen LogP contribution in [0.1, 0.15) is 59.1 Å². The van der Waals surface area contributed by atoms with Crippen molar-refractivity contribution < 1.29 is 19.1 Å². The van der Waals surface area contributed by atoms with Gasteiger partial charge in [-0.3, -0.25) is 14.5 Å². The molecule has 0 saturated heterocycles. The summed E-state index contributed by atoms with van der Waals surface area (Å²) in [6.45, 7) is 3.85. The second-order valence-electron chi connectivity index (χ2n) is 8.22. The van der Waals surface area contributed by atoms with E-state index >= 15 is 0 Å². The Morgan fingerprint density at radius 3 is 2.60 bits per heavy atom. The van der Waals surface area contributed by atoms with Crippen LogP contribution in [0.15, 0.2) is 30.6 Å². The van der Waals surface area contributed by atoms with Gasteiger partial charge in [0.25, 0.3) is 5.91 Å². The second kappa shape index (κ2) is 7.59. The Balaban J connectivity index is 1.82. The van der Waals surface area contributed by atoms with Gasteiger partial charge in [0.05, 0.1) is 20.0 Å². The number of benzene rings is 1. The summed E-state index contributed by atoms with van der Waals surface area (Å²) in [5.41, 5.74) is 0.413. The number of esters is 1. The fourth-order valence-corrected chi connectivity index (χ4v) is 4.48. The molecule has 0 radical (unpaired) electrons. The van der Waals surface area contributed by atoms with Gasteiger partial charge in [0, 0.05) is 11.7 Å². The molecule has 1 fully saturated rings. The van der Waals surface area contributed by atoms with E-state index in [1.165, 1.54) is 18.3 Å². The van der Waals surface area contributed by atoms with E-state index in [1.807, 2.05) is 31.2 Å². The summed E-state index contributed by atoms with van der Waals surface area (Å²) in [4.78, 5) is 45.0. The summed E-state index contributed by atoms with van der Waals surface area (Å²) in [5, 5.41) is 3.14. The summed E-state index contributed by atoms with van der Waals surface area (Å²) in [7, 11) is 1.25. The number of amides is 2. The monoisotopic (exact) mass is 410 g/mol. The van der Waals surface area contributed by atoms with Crippen molar-refractivity contribution in [3.05, 3.63) is 47.5 Å². The summed E-state index contributed by atoms with van der Waals surface area (Å²) in [6, 6.07) is 7.55. The number of methoxy groups -OCH3 is 1. The Labute approximate surface area is 175 Å². The molecule has 2 aliphatic rings. The topological polar surface area (TPSA) is 93.5 Å². The highest BCUT2D eigenvalue weighted by molar-refractivity contribution is 6.15. The van der Waals surface area contributed by atoms with Gasteiger partial charge in [0.1, 0.15) is 11.2 Å². The third kappa shape index (κ3) is 3.16. The van der Waals surface area contributed by atoms with Crippen LogP contribution in [0.3, 0.4) is 0 Å². The number of hydrogen-bond acceptors (Lipinski definition) is 5. The van der Waals surface area contributed by atoms with E-state index in [1.54, 1.807) is 11.5 Å². The van der Waals surface area contributed by atoms with Crippen LogP contribution in [-0.2, 0) is 16.1 Å². The number of aromatic nitrogens is 2. The predicted octanol–water partition coefficient (Wildman–Crippen LogP) is 2.46. The molecule has 1 atom stereocenters. The summed E-state index contributed by atoms with van der Waals surface area (Å²) < 4.78 is 6.38. The smallest absolute Gasteiger partial charge is 0.359 e. The number of carbonyl (C=O) groups excluding carboxylic acids is 3. The van der Waals surface area contributed by atoms with Gasteiger partial charge in [-0.1, -0.05) is 31.0 Å².